The van der Waals surface area contributed by atoms with Crippen LogP contribution in [-0.4, -0.2) is 30.8 Å². The predicted molar refractivity (Wildman–Crippen MR) is 105 cm³/mol. The summed E-state index contributed by atoms with van der Waals surface area (Å²) >= 11 is 0. The number of hydrogen-bond donors (Lipinski definition) is 3. The summed E-state index contributed by atoms with van der Waals surface area (Å²) in [5, 5.41) is 7.72. The Morgan fingerprint density at radius 1 is 0.889 bits per heavy atom. The molecule has 0 aliphatic heterocycles. The van der Waals surface area contributed by atoms with Gasteiger partial charge in [0.2, 0.25) is 0 Å². The lowest BCUT2D eigenvalue weighted by atomic mass is 10.1. The van der Waals surface area contributed by atoms with E-state index < -0.39 is 11.8 Å². The van der Waals surface area contributed by atoms with Crippen LogP contribution in [0, 0.1) is 0 Å². The van der Waals surface area contributed by atoms with Crippen molar-refractivity contribution in [1.82, 2.24) is 10.6 Å². The van der Waals surface area contributed by atoms with Crippen molar-refractivity contribution in [3.8, 4) is 0 Å². The minimum Gasteiger partial charge on any atom is -0.349 e. The van der Waals surface area contributed by atoms with Gasteiger partial charge in [-0.15, -0.1) is 6.58 Å². The monoisotopic (exact) mass is 365 g/mol. The first-order valence-corrected chi connectivity index (χ1v) is 8.73. The normalized spacial score (nSPS) is 9.93. The maximum atomic E-state index is 12.1. The van der Waals surface area contributed by atoms with Crippen molar-refractivity contribution in [2.45, 2.75) is 12.8 Å². The Morgan fingerprint density at radius 3 is 2.33 bits per heavy atom. The first-order valence-electron chi connectivity index (χ1n) is 8.73. The minimum absolute atomic E-state index is 0.281. The lowest BCUT2D eigenvalue weighted by Crippen LogP contribution is -2.36. The number of amides is 3. The molecule has 0 atom stereocenters. The number of carbonyl (C=O) groups excluding carboxylic acids is 3. The van der Waals surface area contributed by atoms with Crippen LogP contribution >= 0.6 is 0 Å². The van der Waals surface area contributed by atoms with Gasteiger partial charge in [-0.25, -0.2) is 0 Å². The summed E-state index contributed by atoms with van der Waals surface area (Å²) < 4.78 is 0. The molecule has 0 saturated carbocycles. The van der Waals surface area contributed by atoms with Gasteiger partial charge in [0.25, 0.3) is 5.91 Å². The molecule has 0 unspecified atom stereocenters. The van der Waals surface area contributed by atoms with E-state index in [0.717, 1.165) is 12.8 Å². The highest BCUT2D eigenvalue weighted by Gasteiger charge is 2.17. The summed E-state index contributed by atoms with van der Waals surface area (Å²) in [6, 6.07) is 16.4. The van der Waals surface area contributed by atoms with E-state index in [0.29, 0.717) is 13.1 Å². The van der Waals surface area contributed by atoms with Gasteiger partial charge < -0.3 is 16.0 Å². The number of rotatable bonds is 8. The number of anilines is 1. The van der Waals surface area contributed by atoms with Crippen LogP contribution in [0.15, 0.2) is 67.3 Å². The van der Waals surface area contributed by atoms with E-state index in [1.54, 1.807) is 30.3 Å². The minimum atomic E-state index is -0.807. The van der Waals surface area contributed by atoms with Crippen LogP contribution in [0.4, 0.5) is 5.69 Å². The molecule has 0 bridgehead atoms. The molecule has 0 saturated heterocycles. The average Bonchev–Trinajstić information content (AvgIpc) is 2.70. The van der Waals surface area contributed by atoms with E-state index in [9.17, 15) is 14.4 Å². The molecular formula is C21H23N3O3. The third-order valence-electron chi connectivity index (χ3n) is 3.80. The van der Waals surface area contributed by atoms with E-state index in [-0.39, 0.29) is 17.2 Å². The molecule has 2 aromatic rings. The average molecular weight is 365 g/mol. The van der Waals surface area contributed by atoms with Crippen LogP contribution in [0.5, 0.6) is 0 Å². The van der Waals surface area contributed by atoms with E-state index in [1.165, 1.54) is 5.56 Å². The molecule has 27 heavy (non-hydrogen) atoms. The smallest absolute Gasteiger partial charge is 0.313 e. The Labute approximate surface area is 158 Å². The van der Waals surface area contributed by atoms with Crippen LogP contribution in [0.25, 0.3) is 0 Å². The Balaban J connectivity index is 1.84. The van der Waals surface area contributed by atoms with E-state index in [4.69, 9.17) is 0 Å². The summed E-state index contributed by atoms with van der Waals surface area (Å²) in [6.07, 6.45) is 3.10. The van der Waals surface area contributed by atoms with E-state index in [2.05, 4.69) is 22.5 Å². The first-order chi connectivity index (χ1) is 13.1. The second-order valence-corrected chi connectivity index (χ2v) is 5.84. The fourth-order valence-corrected chi connectivity index (χ4v) is 2.45. The number of benzene rings is 2. The third kappa shape index (κ3) is 6.43. The van der Waals surface area contributed by atoms with E-state index >= 15 is 0 Å². The molecular weight excluding hydrogens is 342 g/mol. The lowest BCUT2D eigenvalue weighted by molar-refractivity contribution is -0.136. The molecule has 2 aromatic carbocycles. The van der Waals surface area contributed by atoms with Gasteiger partial charge in [0.05, 0.1) is 11.3 Å². The van der Waals surface area contributed by atoms with Crippen LogP contribution in [0.1, 0.15) is 22.3 Å². The van der Waals surface area contributed by atoms with Crippen molar-refractivity contribution in [1.29, 1.82) is 0 Å². The van der Waals surface area contributed by atoms with Crippen LogP contribution in [-0.2, 0) is 16.0 Å². The molecule has 6 nitrogen and oxygen atoms in total. The zero-order valence-electron chi connectivity index (χ0n) is 15.0. The quantitative estimate of drug-likeness (QED) is 0.381. The van der Waals surface area contributed by atoms with Gasteiger partial charge in [0.15, 0.2) is 0 Å². The third-order valence-corrected chi connectivity index (χ3v) is 3.80. The van der Waals surface area contributed by atoms with E-state index in [1.807, 2.05) is 30.3 Å². The molecule has 2 rings (SSSR count). The van der Waals surface area contributed by atoms with Crippen LogP contribution in [0.3, 0.4) is 0 Å². The van der Waals surface area contributed by atoms with Gasteiger partial charge >= 0.3 is 11.8 Å². The predicted octanol–water partition coefficient (Wildman–Crippen LogP) is 2.29. The highest BCUT2D eigenvalue weighted by Crippen LogP contribution is 2.14. The maximum Gasteiger partial charge on any atom is 0.313 e. The van der Waals surface area contributed by atoms with Crippen molar-refractivity contribution in [3.63, 3.8) is 0 Å². The number of aryl methyl sites for hydroxylation is 1. The van der Waals surface area contributed by atoms with Gasteiger partial charge in [-0.05, 0) is 30.5 Å². The van der Waals surface area contributed by atoms with Crippen molar-refractivity contribution >= 4 is 23.4 Å². The molecule has 0 heterocycles. The van der Waals surface area contributed by atoms with Crippen molar-refractivity contribution in [2.24, 2.45) is 0 Å². The van der Waals surface area contributed by atoms with Crippen LogP contribution in [0.2, 0.25) is 0 Å². The number of para-hydroxylation sites is 1. The second-order valence-electron chi connectivity index (χ2n) is 5.84. The van der Waals surface area contributed by atoms with Gasteiger partial charge in [-0.1, -0.05) is 48.5 Å². The highest BCUT2D eigenvalue weighted by molar-refractivity contribution is 6.40. The summed E-state index contributed by atoms with van der Waals surface area (Å²) in [7, 11) is 0. The fourth-order valence-electron chi connectivity index (χ4n) is 2.45. The number of nitrogens with one attached hydrogen (secondary N) is 3. The number of carbonyl (C=O) groups is 3. The zero-order valence-corrected chi connectivity index (χ0v) is 15.0. The molecule has 3 N–H and O–H groups in total. The van der Waals surface area contributed by atoms with Crippen molar-refractivity contribution in [3.05, 3.63) is 78.4 Å². The largest absolute Gasteiger partial charge is 0.349 e. The Hall–Kier alpha value is -3.41. The summed E-state index contributed by atoms with van der Waals surface area (Å²) in [5.41, 5.74) is 1.74. The fraction of sp³-hybridized carbons (Fsp3) is 0.190. The molecule has 0 spiro atoms. The molecule has 3 amide bonds. The SMILES string of the molecule is C=CCNC(=O)c1ccccc1NC(=O)C(=O)NCCCc1ccccc1. The first kappa shape index (κ1) is 19.9. The van der Waals surface area contributed by atoms with Gasteiger partial charge in [0.1, 0.15) is 0 Å². The lowest BCUT2D eigenvalue weighted by Gasteiger charge is -2.11. The molecule has 0 radical (unpaired) electrons. The number of hydrogen-bond acceptors (Lipinski definition) is 3. The molecule has 0 fully saturated rings. The van der Waals surface area contributed by atoms with Crippen molar-refractivity contribution < 1.29 is 14.4 Å². The van der Waals surface area contributed by atoms with Gasteiger partial charge in [-0.2, -0.15) is 0 Å². The van der Waals surface area contributed by atoms with Gasteiger partial charge in [0, 0.05) is 13.1 Å². The molecule has 0 aromatic heterocycles. The zero-order chi connectivity index (χ0) is 19.5. The van der Waals surface area contributed by atoms with Crippen molar-refractivity contribution in [2.75, 3.05) is 18.4 Å². The van der Waals surface area contributed by atoms with Crippen LogP contribution < -0.4 is 16.0 Å². The topological polar surface area (TPSA) is 87.3 Å². The Kier molecular flexibility index (Phi) is 7.78. The Morgan fingerprint density at radius 2 is 1.59 bits per heavy atom. The highest BCUT2D eigenvalue weighted by atomic mass is 16.2. The summed E-state index contributed by atoms with van der Waals surface area (Å²) in [5.74, 6) is -1.89. The molecule has 0 aliphatic rings. The molecule has 6 heteroatoms. The Bertz CT molecular complexity index is 803. The second kappa shape index (κ2) is 10.6. The maximum absolute atomic E-state index is 12.1. The summed E-state index contributed by atoms with van der Waals surface area (Å²) in [4.78, 5) is 36.2. The molecule has 140 valence electrons. The standard InChI is InChI=1S/C21H23N3O3/c1-2-14-22-19(25)17-12-6-7-13-18(17)24-21(27)20(26)23-15-8-11-16-9-4-3-5-10-16/h2-7,9-10,12-13H,1,8,11,14-15H2,(H,22,25)(H,23,26)(H,24,27). The molecule has 0 aliphatic carbocycles. The summed E-state index contributed by atoms with van der Waals surface area (Å²) in [6.45, 7) is 4.24. The van der Waals surface area contributed by atoms with Gasteiger partial charge in [-0.3, -0.25) is 14.4 Å².